The van der Waals surface area contributed by atoms with Gasteiger partial charge in [-0.2, -0.15) is 0 Å². The van der Waals surface area contributed by atoms with E-state index in [0.29, 0.717) is 22.6 Å². The monoisotopic (exact) mass is 482 g/mol. The second kappa shape index (κ2) is 6.81. The first-order valence-corrected chi connectivity index (χ1v) is 12.8. The van der Waals surface area contributed by atoms with Gasteiger partial charge in [0.1, 0.15) is 17.0 Å². The zero-order chi connectivity index (χ0) is 25.1. The average Bonchev–Trinajstić information content (AvgIpc) is 3.09. The van der Waals surface area contributed by atoms with Crippen LogP contribution in [-0.4, -0.2) is 20.3 Å². The van der Waals surface area contributed by atoms with Crippen LogP contribution in [0.15, 0.2) is 58.1 Å². The summed E-state index contributed by atoms with van der Waals surface area (Å²) in [5.41, 5.74) is 1.82. The molecule has 3 aliphatic heterocycles. The minimum atomic E-state index is -0.661. The Bertz CT molecular complexity index is 1730. The number of para-hydroxylation sites is 2. The smallest absolute Gasteiger partial charge is 0.258 e. The predicted molar refractivity (Wildman–Crippen MR) is 140 cm³/mol. The Balaban J connectivity index is 1.60. The van der Waals surface area contributed by atoms with E-state index in [0.717, 1.165) is 34.8 Å². The van der Waals surface area contributed by atoms with Crippen molar-refractivity contribution in [3.63, 3.8) is 0 Å². The molecule has 0 N–H and O–H groups in total. The average molecular weight is 483 g/mol. The number of rotatable bonds is 0. The van der Waals surface area contributed by atoms with Gasteiger partial charge in [0, 0.05) is 42.6 Å². The molecule has 0 radical (unpaired) electrons. The lowest BCUT2D eigenvalue weighted by atomic mass is 9.56. The second-order valence-corrected chi connectivity index (χ2v) is 11.5. The molecule has 1 aliphatic carbocycles. The molecule has 4 aromatic rings. The van der Waals surface area contributed by atoms with E-state index in [9.17, 15) is 9.59 Å². The van der Waals surface area contributed by atoms with Crippen LogP contribution in [0.25, 0.3) is 21.8 Å². The first kappa shape index (κ1) is 21.7. The lowest BCUT2D eigenvalue weighted by Gasteiger charge is -2.54. The summed E-state index contributed by atoms with van der Waals surface area (Å²) < 4.78 is 17.5. The molecular formula is C30H30N2O4. The molecule has 4 atom stereocenters. The van der Waals surface area contributed by atoms with E-state index in [1.54, 1.807) is 4.57 Å². The summed E-state index contributed by atoms with van der Waals surface area (Å²) in [5, 5.41) is 1.63. The van der Waals surface area contributed by atoms with Crippen molar-refractivity contribution in [3.05, 3.63) is 80.2 Å². The number of hydrogen-bond donors (Lipinski definition) is 0. The molecule has 0 saturated heterocycles. The molecule has 36 heavy (non-hydrogen) atoms. The Hall–Kier alpha value is -3.54. The van der Waals surface area contributed by atoms with E-state index in [-0.39, 0.29) is 28.7 Å². The Morgan fingerprint density at radius 3 is 2.19 bits per heavy atom. The van der Waals surface area contributed by atoms with Gasteiger partial charge in [-0.15, -0.1) is 0 Å². The summed E-state index contributed by atoms with van der Waals surface area (Å²) in [4.78, 5) is 28.0. The highest BCUT2D eigenvalue weighted by Crippen LogP contribution is 2.63. The summed E-state index contributed by atoms with van der Waals surface area (Å²) in [6.07, 6.45) is 1.57. The highest BCUT2D eigenvalue weighted by Gasteiger charge is 2.62. The molecule has 8 rings (SSSR count). The second-order valence-electron chi connectivity index (χ2n) is 11.5. The number of hydrogen-bond acceptors (Lipinski definition) is 4. The fourth-order valence-electron chi connectivity index (χ4n) is 7.56. The lowest BCUT2D eigenvalue weighted by Crippen LogP contribution is -2.58. The van der Waals surface area contributed by atoms with Gasteiger partial charge in [0.25, 0.3) is 5.56 Å². The normalized spacial score (nSPS) is 27.5. The van der Waals surface area contributed by atoms with E-state index in [1.165, 1.54) is 0 Å². The number of nitrogens with zero attached hydrogens (tertiary/aromatic N) is 2. The van der Waals surface area contributed by atoms with E-state index in [1.807, 2.05) is 67.2 Å². The largest absolute Gasteiger partial charge is 0.486 e. The topological polar surface area (TPSA) is 62.5 Å². The van der Waals surface area contributed by atoms with Crippen LogP contribution in [0.2, 0.25) is 0 Å². The van der Waals surface area contributed by atoms with Gasteiger partial charge < -0.3 is 18.6 Å². The summed E-state index contributed by atoms with van der Waals surface area (Å²) in [7, 11) is 3.80. The highest BCUT2D eigenvalue weighted by molar-refractivity contribution is 5.87. The van der Waals surface area contributed by atoms with Crippen molar-refractivity contribution in [2.24, 2.45) is 20.0 Å². The number of fused-ring (bicyclic) bond motifs is 4. The Morgan fingerprint density at radius 2 is 1.47 bits per heavy atom. The molecule has 1 fully saturated rings. The molecule has 2 aromatic heterocycles. The van der Waals surface area contributed by atoms with Crippen molar-refractivity contribution < 1.29 is 9.47 Å². The number of benzene rings is 2. The molecule has 0 spiro atoms. The Morgan fingerprint density at radius 1 is 0.833 bits per heavy atom. The summed E-state index contributed by atoms with van der Waals surface area (Å²) in [5.74, 6) is 0.914. The Labute approximate surface area is 209 Å². The third-order valence-corrected chi connectivity index (χ3v) is 9.16. The SMILES string of the molecule is Cn1c2c(c(=O)c3ccccc31)[C@H]1[C@@H]([C@H]3CC[C@]1(C)Oc1c3c(=O)n(C)c3ccccc13)C(C)(C)O2. The lowest BCUT2D eigenvalue weighted by molar-refractivity contribution is -0.0829. The molecule has 1 saturated carbocycles. The molecule has 184 valence electrons. The van der Waals surface area contributed by atoms with Crippen LogP contribution in [-0.2, 0) is 14.1 Å². The predicted octanol–water partition coefficient (Wildman–Crippen LogP) is 4.99. The maximum absolute atomic E-state index is 14.1. The van der Waals surface area contributed by atoms with E-state index in [4.69, 9.17) is 9.47 Å². The number of pyridine rings is 2. The van der Waals surface area contributed by atoms with Gasteiger partial charge >= 0.3 is 0 Å². The van der Waals surface area contributed by atoms with Crippen LogP contribution in [0.1, 0.15) is 56.6 Å². The molecule has 5 heterocycles. The van der Waals surface area contributed by atoms with Crippen molar-refractivity contribution in [1.82, 2.24) is 9.13 Å². The van der Waals surface area contributed by atoms with E-state index in [2.05, 4.69) is 20.8 Å². The van der Waals surface area contributed by atoms with Crippen molar-refractivity contribution >= 4 is 21.8 Å². The van der Waals surface area contributed by atoms with Crippen LogP contribution >= 0.6 is 0 Å². The van der Waals surface area contributed by atoms with Crippen molar-refractivity contribution in [2.75, 3.05) is 0 Å². The highest BCUT2D eigenvalue weighted by atomic mass is 16.5. The van der Waals surface area contributed by atoms with Crippen LogP contribution in [0.3, 0.4) is 0 Å². The maximum Gasteiger partial charge on any atom is 0.258 e. The Kier molecular flexibility index (Phi) is 4.11. The fourth-order valence-corrected chi connectivity index (χ4v) is 7.56. The maximum atomic E-state index is 14.1. The van der Waals surface area contributed by atoms with Gasteiger partial charge in [-0.3, -0.25) is 9.59 Å². The third-order valence-electron chi connectivity index (χ3n) is 9.16. The van der Waals surface area contributed by atoms with Crippen molar-refractivity contribution in [2.45, 2.75) is 56.7 Å². The minimum Gasteiger partial charge on any atom is -0.486 e. The number of aromatic nitrogens is 2. The van der Waals surface area contributed by atoms with E-state index >= 15 is 0 Å². The summed E-state index contributed by atoms with van der Waals surface area (Å²) >= 11 is 0. The fraction of sp³-hybridized carbons (Fsp3) is 0.400. The van der Waals surface area contributed by atoms with Crippen LogP contribution in [0, 0.1) is 5.92 Å². The summed E-state index contributed by atoms with van der Waals surface area (Å²) in [6.45, 7) is 6.33. The molecule has 2 aromatic carbocycles. The van der Waals surface area contributed by atoms with Gasteiger partial charge in [0.15, 0.2) is 5.43 Å². The van der Waals surface area contributed by atoms with Gasteiger partial charge in [0.05, 0.1) is 22.2 Å². The van der Waals surface area contributed by atoms with Gasteiger partial charge in [-0.05, 0) is 57.9 Å². The molecular weight excluding hydrogens is 452 g/mol. The number of aryl methyl sites for hydroxylation is 2. The zero-order valence-electron chi connectivity index (χ0n) is 21.3. The molecule has 4 aliphatic rings. The van der Waals surface area contributed by atoms with Crippen LogP contribution in [0.5, 0.6) is 11.6 Å². The van der Waals surface area contributed by atoms with E-state index < -0.39 is 11.2 Å². The molecule has 6 heteroatoms. The van der Waals surface area contributed by atoms with Gasteiger partial charge in [-0.25, -0.2) is 0 Å². The molecule has 6 nitrogen and oxygen atoms in total. The molecule has 0 amide bonds. The molecule has 2 bridgehead atoms. The van der Waals surface area contributed by atoms with Gasteiger partial charge in [-0.1, -0.05) is 24.3 Å². The first-order valence-electron chi connectivity index (χ1n) is 12.8. The third kappa shape index (κ3) is 2.52. The van der Waals surface area contributed by atoms with Crippen LogP contribution in [0.4, 0.5) is 0 Å². The quantitative estimate of drug-likeness (QED) is 0.354. The standard InChI is InChI=1S/C30H30N2O4/c1-29(2)23-18-14-15-30(3,35-26-17-11-7-9-13-20(17)31(4)27(34)21(18)26)24(23)22-25(33)16-10-6-8-12-19(16)32(5)28(22)36-29/h6-13,18,23-24H,14-15H2,1-5H3/t18-,23+,24-,30-/m0/s1. The van der Waals surface area contributed by atoms with Crippen LogP contribution < -0.4 is 20.5 Å². The molecule has 0 unspecified atom stereocenters. The zero-order valence-corrected chi connectivity index (χ0v) is 21.3. The minimum absolute atomic E-state index is 0.00314. The van der Waals surface area contributed by atoms with Gasteiger partial charge in [0.2, 0.25) is 5.88 Å². The first-order chi connectivity index (χ1) is 17.1. The van der Waals surface area contributed by atoms with Crippen molar-refractivity contribution in [1.29, 1.82) is 0 Å². The number of ether oxygens (including phenoxy) is 2. The van der Waals surface area contributed by atoms with Crippen molar-refractivity contribution in [3.8, 4) is 11.6 Å². The summed E-state index contributed by atoms with van der Waals surface area (Å²) in [6, 6.07) is 15.6.